The van der Waals surface area contributed by atoms with Crippen LogP contribution in [0.25, 0.3) is 0 Å². The molecule has 2 fully saturated rings. The number of alkyl halides is 1. The second kappa shape index (κ2) is 5.92. The summed E-state index contributed by atoms with van der Waals surface area (Å²) in [4.78, 5) is 25.6. The maximum atomic E-state index is 15.2. The Hall–Kier alpha value is -2.15. The highest BCUT2D eigenvalue weighted by molar-refractivity contribution is 5.69. The first-order valence-electron chi connectivity index (χ1n) is 9.85. The predicted molar refractivity (Wildman–Crippen MR) is 96.5 cm³/mol. The van der Waals surface area contributed by atoms with E-state index in [-0.39, 0.29) is 30.1 Å². The van der Waals surface area contributed by atoms with Crippen LogP contribution in [-0.4, -0.2) is 54.9 Å². The van der Waals surface area contributed by atoms with Gasteiger partial charge >= 0.3 is 11.9 Å². The lowest BCUT2D eigenvalue weighted by molar-refractivity contribution is -0.156. The minimum Gasteiger partial charge on any atom is -0.481 e. The van der Waals surface area contributed by atoms with Gasteiger partial charge in [0.05, 0.1) is 0 Å². The number of hydrogen-bond acceptors (Lipinski definition) is 6. The molecular weight excluding hydrogens is 365 g/mol. The average Bonchev–Trinajstić information content (AvgIpc) is 2.96. The van der Waals surface area contributed by atoms with E-state index >= 15 is 4.39 Å². The van der Waals surface area contributed by atoms with E-state index in [0.717, 1.165) is 24.1 Å². The molecule has 5 aliphatic rings. The van der Waals surface area contributed by atoms with E-state index in [4.69, 9.17) is 14.2 Å². The van der Waals surface area contributed by atoms with E-state index in [0.29, 0.717) is 12.2 Å². The first-order valence-corrected chi connectivity index (χ1v) is 9.85. The lowest BCUT2D eigenvalue weighted by Crippen LogP contribution is -2.62. The molecule has 0 radical (unpaired) electrons. The number of carbonyl (C=O) groups excluding carboxylic acids is 2. The van der Waals surface area contributed by atoms with Gasteiger partial charge in [-0.15, -0.1) is 0 Å². The Morgan fingerprint density at radius 2 is 2.04 bits per heavy atom. The molecular formula is C21H24FNO5. The van der Waals surface area contributed by atoms with Gasteiger partial charge in [0.2, 0.25) is 0 Å². The van der Waals surface area contributed by atoms with E-state index in [1.54, 1.807) is 0 Å². The Kier molecular flexibility index (Phi) is 3.79. The summed E-state index contributed by atoms with van der Waals surface area (Å²) < 4.78 is 32.5. The van der Waals surface area contributed by atoms with Crippen molar-refractivity contribution in [2.75, 3.05) is 13.6 Å². The summed E-state index contributed by atoms with van der Waals surface area (Å²) in [6.07, 6.45) is 3.27. The van der Waals surface area contributed by atoms with Gasteiger partial charge in [-0.1, -0.05) is 6.08 Å². The number of halogens is 1. The molecule has 7 heteroatoms. The highest BCUT2D eigenvalue weighted by Gasteiger charge is 2.67. The molecule has 6 atom stereocenters. The smallest absolute Gasteiger partial charge is 0.307 e. The number of carbonyl (C=O) groups is 2. The van der Waals surface area contributed by atoms with Gasteiger partial charge in [0.15, 0.2) is 17.6 Å². The van der Waals surface area contributed by atoms with E-state index in [1.165, 1.54) is 13.8 Å². The van der Waals surface area contributed by atoms with Crippen molar-refractivity contribution >= 4 is 11.9 Å². The summed E-state index contributed by atoms with van der Waals surface area (Å²) in [5.74, 6) is 0.0365. The van der Waals surface area contributed by atoms with Gasteiger partial charge in [-0.05, 0) is 38.1 Å². The third-order valence-electron chi connectivity index (χ3n) is 7.02. The van der Waals surface area contributed by atoms with Crippen molar-refractivity contribution in [3.63, 3.8) is 0 Å². The molecule has 5 rings (SSSR count). The lowest BCUT2D eigenvalue weighted by atomic mass is 9.52. The van der Waals surface area contributed by atoms with Crippen LogP contribution in [0.4, 0.5) is 4.39 Å². The molecule has 2 bridgehead atoms. The van der Waals surface area contributed by atoms with Gasteiger partial charge in [0, 0.05) is 43.2 Å². The largest absolute Gasteiger partial charge is 0.481 e. The number of rotatable bonds is 2. The van der Waals surface area contributed by atoms with Crippen molar-refractivity contribution in [2.45, 2.75) is 57.5 Å². The molecule has 1 unspecified atom stereocenters. The van der Waals surface area contributed by atoms with Crippen molar-refractivity contribution in [3.05, 3.63) is 34.8 Å². The lowest BCUT2D eigenvalue weighted by Gasteiger charge is -2.57. The van der Waals surface area contributed by atoms with Crippen LogP contribution in [0.2, 0.25) is 0 Å². The molecule has 0 saturated carbocycles. The van der Waals surface area contributed by atoms with Gasteiger partial charge < -0.3 is 19.1 Å². The fourth-order valence-corrected chi connectivity index (χ4v) is 6.05. The molecule has 0 aromatic carbocycles. The SMILES string of the molecule is CC(=O)OC1=C2O[C@H]3[C@@H](OC(C)=O)C=C[C@H]4[C@H]5CC(=C2[C@]43CCN5C)C(F)C1. The van der Waals surface area contributed by atoms with Crippen LogP contribution in [0.3, 0.4) is 0 Å². The number of nitrogens with zero attached hydrogens (tertiary/aromatic N) is 1. The molecule has 2 saturated heterocycles. The van der Waals surface area contributed by atoms with Crippen molar-refractivity contribution in [1.29, 1.82) is 0 Å². The van der Waals surface area contributed by atoms with Crippen LogP contribution in [0.5, 0.6) is 0 Å². The van der Waals surface area contributed by atoms with Gasteiger partial charge in [0.1, 0.15) is 12.3 Å². The quantitative estimate of drug-likeness (QED) is 0.534. The Bertz CT molecular complexity index is 861. The van der Waals surface area contributed by atoms with Gasteiger partial charge in [0.25, 0.3) is 0 Å². The minimum atomic E-state index is -1.19. The third-order valence-corrected chi connectivity index (χ3v) is 7.02. The summed E-state index contributed by atoms with van der Waals surface area (Å²) in [7, 11) is 2.08. The van der Waals surface area contributed by atoms with Crippen LogP contribution >= 0.6 is 0 Å². The molecule has 6 nitrogen and oxygen atoms in total. The van der Waals surface area contributed by atoms with E-state index in [1.807, 2.05) is 6.08 Å². The normalized spacial score (nSPS) is 40.8. The number of piperidine rings is 1. The Balaban J connectivity index is 1.72. The standard InChI is InChI=1S/C21H24FNO5/c1-10(24)26-16-5-4-13-15-8-12-14(22)9-17(27-11(2)25)19-18(12)21(13,20(16)28-19)6-7-23(15)3/h4-5,13-16,20H,6-9H2,1-3H3/t13-,14?,15+,16-,20-,21-/m0/s1. The number of allylic oxidation sites excluding steroid dienone is 2. The van der Waals surface area contributed by atoms with E-state index in [2.05, 4.69) is 18.0 Å². The second-order valence-electron chi connectivity index (χ2n) is 8.48. The summed E-state index contributed by atoms with van der Waals surface area (Å²) in [6.45, 7) is 3.54. The first-order chi connectivity index (χ1) is 13.3. The molecule has 1 spiro atoms. The van der Waals surface area contributed by atoms with E-state index < -0.39 is 29.8 Å². The van der Waals surface area contributed by atoms with Crippen LogP contribution in [0.1, 0.15) is 33.1 Å². The fourth-order valence-electron chi connectivity index (χ4n) is 6.05. The minimum absolute atomic E-state index is 0.00328. The molecule has 28 heavy (non-hydrogen) atoms. The topological polar surface area (TPSA) is 65.1 Å². The van der Waals surface area contributed by atoms with Gasteiger partial charge in [-0.25, -0.2) is 4.39 Å². The highest BCUT2D eigenvalue weighted by atomic mass is 19.1. The third kappa shape index (κ3) is 2.22. The maximum absolute atomic E-state index is 15.2. The van der Waals surface area contributed by atoms with Gasteiger partial charge in [-0.3, -0.25) is 9.59 Å². The number of likely N-dealkylation sites (tertiary alicyclic amines) is 1. The predicted octanol–water partition coefficient (Wildman–Crippen LogP) is 2.41. The highest BCUT2D eigenvalue weighted by Crippen LogP contribution is 2.66. The zero-order valence-corrected chi connectivity index (χ0v) is 16.2. The second-order valence-corrected chi connectivity index (χ2v) is 8.48. The van der Waals surface area contributed by atoms with E-state index in [9.17, 15) is 9.59 Å². The Morgan fingerprint density at radius 3 is 2.75 bits per heavy atom. The van der Waals surface area contributed by atoms with Crippen LogP contribution in [-0.2, 0) is 23.8 Å². The number of esters is 2. The molecule has 0 N–H and O–H groups in total. The zero-order chi connectivity index (χ0) is 19.8. The first kappa shape index (κ1) is 17.9. The summed E-state index contributed by atoms with van der Waals surface area (Å²) in [5.41, 5.74) is 1.17. The fraction of sp³-hybridized carbons (Fsp3) is 0.619. The van der Waals surface area contributed by atoms with Crippen molar-refractivity contribution < 1.29 is 28.2 Å². The number of hydrogen-bond donors (Lipinski definition) is 0. The monoisotopic (exact) mass is 389 g/mol. The molecule has 0 aromatic heterocycles. The van der Waals surface area contributed by atoms with Crippen molar-refractivity contribution in [2.24, 2.45) is 11.3 Å². The molecule has 0 aromatic rings. The summed E-state index contributed by atoms with van der Waals surface area (Å²) in [5, 5.41) is 0. The summed E-state index contributed by atoms with van der Waals surface area (Å²) >= 11 is 0. The molecule has 150 valence electrons. The van der Waals surface area contributed by atoms with Crippen LogP contribution < -0.4 is 0 Å². The van der Waals surface area contributed by atoms with Crippen LogP contribution in [0.15, 0.2) is 34.8 Å². The van der Waals surface area contributed by atoms with Gasteiger partial charge in [-0.2, -0.15) is 0 Å². The Morgan fingerprint density at radius 1 is 1.25 bits per heavy atom. The van der Waals surface area contributed by atoms with Crippen LogP contribution in [0, 0.1) is 11.3 Å². The Labute approximate surface area is 163 Å². The molecule has 2 heterocycles. The van der Waals surface area contributed by atoms with Crippen molar-refractivity contribution in [3.8, 4) is 0 Å². The average molecular weight is 389 g/mol. The molecule has 3 aliphatic carbocycles. The molecule has 0 amide bonds. The number of ether oxygens (including phenoxy) is 3. The maximum Gasteiger partial charge on any atom is 0.307 e. The zero-order valence-electron chi connectivity index (χ0n) is 16.2. The summed E-state index contributed by atoms with van der Waals surface area (Å²) in [6, 6.07) is 0.181. The van der Waals surface area contributed by atoms with Crippen molar-refractivity contribution in [1.82, 2.24) is 4.90 Å². The molecule has 2 aliphatic heterocycles.